The first-order chi connectivity index (χ1) is 6.35. The summed E-state index contributed by atoms with van der Waals surface area (Å²) in [4.78, 5) is 3.44. The maximum atomic E-state index is 7.62. The molecule has 4 heteroatoms. The van der Waals surface area contributed by atoms with Gasteiger partial charge in [0.2, 0.25) is 0 Å². The monoisotopic (exact) mass is 240 g/mol. The zero-order valence-electron chi connectivity index (χ0n) is 7.10. The Morgan fingerprint density at radius 2 is 1.69 bits per heavy atom. The molecule has 1 rings (SSSR count). The number of methoxy groups -OCH3 is 1. The molecule has 0 radical (unpaired) electrons. The van der Waals surface area contributed by atoms with E-state index in [-0.39, 0.29) is 0 Å². The number of benzene rings is 1. The molecule has 1 aromatic carbocycles. The Balaban J connectivity index is 0.000000252. The van der Waals surface area contributed by atoms with Crippen LogP contribution in [-0.4, -0.2) is 22.1 Å². The molecule has 0 fully saturated rings. The van der Waals surface area contributed by atoms with Gasteiger partial charge in [0.15, 0.2) is 0 Å². The summed E-state index contributed by atoms with van der Waals surface area (Å²) >= 11 is -0.431. The van der Waals surface area contributed by atoms with Crippen molar-refractivity contribution < 1.29 is 4.74 Å². The van der Waals surface area contributed by atoms with Gasteiger partial charge in [-0.1, -0.05) is 18.2 Å². The summed E-state index contributed by atoms with van der Waals surface area (Å²) in [5, 5.41) is 15.2. The third-order valence-electron chi connectivity index (χ3n) is 1.07. The molecule has 0 heterocycles. The van der Waals surface area contributed by atoms with Crippen LogP contribution in [0.15, 0.2) is 30.3 Å². The Hall–Kier alpha value is -1.48. The van der Waals surface area contributed by atoms with Gasteiger partial charge in [-0.2, -0.15) is 0 Å². The second kappa shape index (κ2) is 8.61. The van der Waals surface area contributed by atoms with E-state index in [2.05, 4.69) is 0 Å². The van der Waals surface area contributed by atoms with Crippen molar-refractivity contribution in [3.05, 3.63) is 30.3 Å². The minimum absolute atomic E-state index is 0.431. The number of hydrogen-bond acceptors (Lipinski definition) is 3. The summed E-state index contributed by atoms with van der Waals surface area (Å²) in [5.74, 6) is 0.910. The molecule has 3 nitrogen and oxygen atoms in total. The molecule has 0 aromatic heterocycles. The normalized spacial score (nSPS) is 7.00. The molecule has 66 valence electrons. The first-order valence-electron chi connectivity index (χ1n) is 3.38. The molecule has 0 unspecified atom stereocenters. The molecule has 0 saturated carbocycles. The standard InChI is InChI=1S/C7H8O.C2N2Se/c1-8-7-5-3-2-4-6-7;3-1-5-2-4/h2-6H,1H3;. The number of ether oxygens (including phenoxy) is 1. The van der Waals surface area contributed by atoms with Crippen LogP contribution in [0.2, 0.25) is 0 Å². The van der Waals surface area contributed by atoms with Crippen molar-refractivity contribution in [3.63, 3.8) is 0 Å². The van der Waals surface area contributed by atoms with Crippen molar-refractivity contribution in [2.24, 2.45) is 0 Å². The third-order valence-corrected chi connectivity index (χ3v) is 1.45. The van der Waals surface area contributed by atoms with Gasteiger partial charge in [0.1, 0.15) is 5.75 Å². The van der Waals surface area contributed by atoms with Gasteiger partial charge in [-0.25, -0.2) is 0 Å². The average Bonchev–Trinajstić information content (AvgIpc) is 2.21. The van der Waals surface area contributed by atoms with Crippen molar-refractivity contribution in [2.75, 3.05) is 7.11 Å². The first kappa shape index (κ1) is 11.5. The number of nitrogens with zero attached hydrogens (tertiary/aromatic N) is 2. The molecular formula is C9H8N2OSe. The average molecular weight is 239 g/mol. The predicted octanol–water partition coefficient (Wildman–Crippen LogP) is 1.35. The van der Waals surface area contributed by atoms with Crippen molar-refractivity contribution >= 4 is 15.0 Å². The number of hydrogen-bond donors (Lipinski definition) is 0. The Morgan fingerprint density at radius 3 is 1.92 bits per heavy atom. The van der Waals surface area contributed by atoms with E-state index >= 15 is 0 Å². The van der Waals surface area contributed by atoms with Crippen LogP contribution in [0.4, 0.5) is 0 Å². The van der Waals surface area contributed by atoms with Crippen LogP contribution in [0.3, 0.4) is 0 Å². The van der Waals surface area contributed by atoms with E-state index < -0.39 is 15.0 Å². The van der Waals surface area contributed by atoms with Crippen LogP contribution in [0.25, 0.3) is 0 Å². The van der Waals surface area contributed by atoms with Crippen LogP contribution in [0.1, 0.15) is 0 Å². The summed E-state index contributed by atoms with van der Waals surface area (Å²) < 4.78 is 4.91. The van der Waals surface area contributed by atoms with E-state index in [4.69, 9.17) is 15.3 Å². The van der Waals surface area contributed by atoms with Crippen molar-refractivity contribution in [2.45, 2.75) is 0 Å². The molecule has 0 aliphatic heterocycles. The topological polar surface area (TPSA) is 56.8 Å². The first-order valence-corrected chi connectivity index (χ1v) is 5.09. The second-order valence-electron chi connectivity index (χ2n) is 1.80. The fourth-order valence-corrected chi connectivity index (χ4v) is 0.663. The van der Waals surface area contributed by atoms with Gasteiger partial charge in [0.25, 0.3) is 0 Å². The van der Waals surface area contributed by atoms with Crippen molar-refractivity contribution in [1.29, 1.82) is 10.5 Å². The zero-order chi connectivity index (χ0) is 9.94. The van der Waals surface area contributed by atoms with E-state index in [9.17, 15) is 0 Å². The van der Waals surface area contributed by atoms with Gasteiger partial charge >= 0.3 is 35.4 Å². The van der Waals surface area contributed by atoms with Gasteiger partial charge in [0.05, 0.1) is 7.11 Å². The minimum atomic E-state index is -0.431. The fourth-order valence-electron chi connectivity index (χ4n) is 0.577. The molecule has 0 amide bonds. The fraction of sp³-hybridized carbons (Fsp3) is 0.111. The molecule has 0 atom stereocenters. The molecule has 0 aliphatic rings. The Kier molecular flexibility index (Phi) is 7.63. The molecule has 1 aromatic rings. The van der Waals surface area contributed by atoms with E-state index in [1.165, 1.54) is 0 Å². The predicted molar refractivity (Wildman–Crippen MR) is 50.0 cm³/mol. The number of para-hydroxylation sites is 1. The molecule has 0 aliphatic carbocycles. The van der Waals surface area contributed by atoms with E-state index in [1.54, 1.807) is 17.0 Å². The zero-order valence-corrected chi connectivity index (χ0v) is 8.81. The Bertz CT molecular complexity index is 288. The van der Waals surface area contributed by atoms with Gasteiger partial charge < -0.3 is 4.74 Å². The van der Waals surface area contributed by atoms with E-state index in [0.29, 0.717) is 0 Å². The van der Waals surface area contributed by atoms with Gasteiger partial charge in [-0.15, -0.1) is 0 Å². The summed E-state index contributed by atoms with van der Waals surface area (Å²) in [5.41, 5.74) is 0. The summed E-state index contributed by atoms with van der Waals surface area (Å²) in [6, 6.07) is 9.68. The summed E-state index contributed by atoms with van der Waals surface area (Å²) in [6.45, 7) is 0. The van der Waals surface area contributed by atoms with Gasteiger partial charge in [0, 0.05) is 0 Å². The third kappa shape index (κ3) is 6.90. The van der Waals surface area contributed by atoms with E-state index in [0.717, 1.165) is 5.75 Å². The van der Waals surface area contributed by atoms with Crippen molar-refractivity contribution in [3.8, 4) is 15.7 Å². The van der Waals surface area contributed by atoms with Gasteiger partial charge in [-0.3, -0.25) is 0 Å². The Labute approximate surface area is 83.7 Å². The molecular weight excluding hydrogens is 231 g/mol. The van der Waals surface area contributed by atoms with Crippen LogP contribution < -0.4 is 4.74 Å². The van der Waals surface area contributed by atoms with Crippen LogP contribution >= 0.6 is 0 Å². The second-order valence-corrected chi connectivity index (χ2v) is 3.00. The van der Waals surface area contributed by atoms with Crippen LogP contribution in [-0.2, 0) is 0 Å². The number of nitriles is 2. The van der Waals surface area contributed by atoms with Crippen LogP contribution in [0, 0.1) is 20.5 Å². The summed E-state index contributed by atoms with van der Waals surface area (Å²) in [6.07, 6.45) is 0. The number of rotatable bonds is 1. The van der Waals surface area contributed by atoms with Crippen molar-refractivity contribution in [1.82, 2.24) is 0 Å². The van der Waals surface area contributed by atoms with Crippen LogP contribution in [0.5, 0.6) is 5.75 Å². The Morgan fingerprint density at radius 1 is 1.15 bits per heavy atom. The SMILES string of the molecule is COc1ccccc1.N#C[Se]C#N. The van der Waals surface area contributed by atoms with Gasteiger partial charge in [-0.05, 0) is 12.1 Å². The summed E-state index contributed by atoms with van der Waals surface area (Å²) in [7, 11) is 1.66. The molecule has 0 N–H and O–H groups in total. The quantitative estimate of drug-likeness (QED) is 0.695. The van der Waals surface area contributed by atoms with E-state index in [1.807, 2.05) is 30.3 Å². The molecule has 13 heavy (non-hydrogen) atoms. The maximum absolute atomic E-state index is 7.62. The molecule has 0 spiro atoms. The molecule has 0 saturated heterocycles. The molecule has 0 bridgehead atoms.